The van der Waals surface area contributed by atoms with Gasteiger partial charge in [-0.05, 0) is 31.2 Å². The topological polar surface area (TPSA) is 48.5 Å². The molecule has 5 nitrogen and oxygen atoms in total. The van der Waals surface area contributed by atoms with Crippen molar-refractivity contribution in [3.63, 3.8) is 0 Å². The number of para-hydroxylation sites is 1. The number of anilines is 1. The quantitative estimate of drug-likeness (QED) is 0.916. The van der Waals surface area contributed by atoms with Gasteiger partial charge in [-0.25, -0.2) is 0 Å². The van der Waals surface area contributed by atoms with Crippen molar-refractivity contribution in [2.24, 2.45) is 0 Å². The van der Waals surface area contributed by atoms with Crippen molar-refractivity contribution in [1.29, 1.82) is 0 Å². The van der Waals surface area contributed by atoms with Crippen molar-refractivity contribution in [3.05, 3.63) is 60.4 Å². The third-order valence-corrected chi connectivity index (χ3v) is 4.49. The van der Waals surface area contributed by atoms with E-state index in [-0.39, 0.29) is 11.9 Å². The molecule has 1 fully saturated rings. The molecule has 1 saturated heterocycles. The van der Waals surface area contributed by atoms with E-state index in [1.807, 2.05) is 55.6 Å². The average molecular weight is 324 g/mol. The molecule has 0 aliphatic carbocycles. The fourth-order valence-electron chi connectivity index (χ4n) is 2.96. The molecule has 5 heteroatoms. The summed E-state index contributed by atoms with van der Waals surface area (Å²) in [5.41, 5.74) is 1.95. The molecule has 2 heterocycles. The Kier molecular flexibility index (Phi) is 5.56. The molecule has 0 unspecified atom stereocenters. The Balaban J connectivity index is 1.48. The fourth-order valence-corrected chi connectivity index (χ4v) is 2.96. The second-order valence-corrected chi connectivity index (χ2v) is 6.16. The number of aromatic nitrogens is 1. The molecule has 1 aliphatic rings. The lowest BCUT2D eigenvalue weighted by Gasteiger charge is -2.37. The molecule has 1 aromatic carbocycles. The highest BCUT2D eigenvalue weighted by atomic mass is 16.2. The maximum atomic E-state index is 12.4. The maximum Gasteiger partial charge on any atom is 0.241 e. The second-order valence-electron chi connectivity index (χ2n) is 6.16. The number of hydrogen-bond acceptors (Lipinski definition) is 4. The van der Waals surface area contributed by atoms with E-state index in [1.165, 1.54) is 0 Å². The summed E-state index contributed by atoms with van der Waals surface area (Å²) in [7, 11) is 0. The standard InChI is InChI=1S/C19H24N4O/c1-16(19(24)21-17-7-3-2-4-8-17)23-13-11-22(12-14-23)15-18-9-5-6-10-20-18/h2-10,16H,11-15H2,1H3,(H,21,24)/t16-/m0/s1. The molecule has 1 atom stereocenters. The Labute approximate surface area is 143 Å². The Morgan fingerprint density at radius 1 is 1.08 bits per heavy atom. The highest BCUT2D eigenvalue weighted by molar-refractivity contribution is 5.94. The van der Waals surface area contributed by atoms with Crippen molar-refractivity contribution >= 4 is 11.6 Å². The number of rotatable bonds is 5. The summed E-state index contributed by atoms with van der Waals surface area (Å²) in [4.78, 5) is 21.4. The first-order valence-corrected chi connectivity index (χ1v) is 8.44. The molecule has 1 aliphatic heterocycles. The Bertz CT molecular complexity index is 639. The Morgan fingerprint density at radius 2 is 1.79 bits per heavy atom. The first kappa shape index (κ1) is 16.6. The van der Waals surface area contributed by atoms with Gasteiger partial charge in [0.1, 0.15) is 0 Å². The summed E-state index contributed by atoms with van der Waals surface area (Å²) in [6.45, 7) is 6.57. The lowest BCUT2D eigenvalue weighted by atomic mass is 10.2. The number of piperazine rings is 1. The van der Waals surface area contributed by atoms with Gasteiger partial charge in [-0.3, -0.25) is 19.6 Å². The highest BCUT2D eigenvalue weighted by Crippen LogP contribution is 2.12. The number of benzene rings is 1. The van der Waals surface area contributed by atoms with E-state index in [9.17, 15) is 4.79 Å². The van der Waals surface area contributed by atoms with Gasteiger partial charge in [-0.15, -0.1) is 0 Å². The molecule has 2 aromatic rings. The molecular formula is C19H24N4O. The first-order valence-electron chi connectivity index (χ1n) is 8.44. The molecule has 0 saturated carbocycles. The van der Waals surface area contributed by atoms with Gasteiger partial charge in [-0.2, -0.15) is 0 Å². The van der Waals surface area contributed by atoms with Gasteiger partial charge in [0.15, 0.2) is 0 Å². The van der Waals surface area contributed by atoms with Gasteiger partial charge in [0.05, 0.1) is 11.7 Å². The lowest BCUT2D eigenvalue weighted by molar-refractivity contribution is -0.121. The summed E-state index contributed by atoms with van der Waals surface area (Å²) in [6.07, 6.45) is 1.83. The summed E-state index contributed by atoms with van der Waals surface area (Å²) in [5.74, 6) is 0.0550. The summed E-state index contributed by atoms with van der Waals surface area (Å²) < 4.78 is 0. The number of amides is 1. The number of nitrogens with one attached hydrogen (secondary N) is 1. The predicted molar refractivity (Wildman–Crippen MR) is 95.6 cm³/mol. The van der Waals surface area contributed by atoms with Crippen LogP contribution in [0.5, 0.6) is 0 Å². The van der Waals surface area contributed by atoms with E-state index < -0.39 is 0 Å². The van der Waals surface area contributed by atoms with Crippen LogP contribution in [-0.2, 0) is 11.3 Å². The van der Waals surface area contributed by atoms with E-state index in [2.05, 4.69) is 26.2 Å². The molecule has 3 rings (SSSR count). The number of nitrogens with zero attached hydrogens (tertiary/aromatic N) is 3. The fraction of sp³-hybridized carbons (Fsp3) is 0.368. The molecule has 1 amide bonds. The summed E-state index contributed by atoms with van der Waals surface area (Å²) >= 11 is 0. The van der Waals surface area contributed by atoms with Gasteiger partial charge in [0, 0.05) is 44.6 Å². The van der Waals surface area contributed by atoms with Crippen LogP contribution in [0.3, 0.4) is 0 Å². The van der Waals surface area contributed by atoms with Gasteiger partial charge < -0.3 is 5.32 Å². The van der Waals surface area contributed by atoms with Crippen LogP contribution >= 0.6 is 0 Å². The minimum Gasteiger partial charge on any atom is -0.325 e. The largest absolute Gasteiger partial charge is 0.325 e. The molecular weight excluding hydrogens is 300 g/mol. The van der Waals surface area contributed by atoms with Crippen molar-refractivity contribution in [1.82, 2.24) is 14.8 Å². The zero-order valence-corrected chi connectivity index (χ0v) is 14.1. The van der Waals surface area contributed by atoms with E-state index in [1.54, 1.807) is 0 Å². The van der Waals surface area contributed by atoms with E-state index >= 15 is 0 Å². The average Bonchev–Trinajstić information content (AvgIpc) is 2.63. The molecule has 0 radical (unpaired) electrons. The zero-order valence-electron chi connectivity index (χ0n) is 14.1. The number of pyridine rings is 1. The van der Waals surface area contributed by atoms with Gasteiger partial charge in [0.2, 0.25) is 5.91 Å². The van der Waals surface area contributed by atoms with E-state index in [0.717, 1.165) is 44.1 Å². The Hall–Kier alpha value is -2.24. The van der Waals surface area contributed by atoms with Crippen LogP contribution in [0.25, 0.3) is 0 Å². The lowest BCUT2D eigenvalue weighted by Crippen LogP contribution is -2.52. The number of hydrogen-bond donors (Lipinski definition) is 1. The summed E-state index contributed by atoms with van der Waals surface area (Å²) in [6, 6.07) is 15.5. The predicted octanol–water partition coefficient (Wildman–Crippen LogP) is 2.23. The third kappa shape index (κ3) is 4.40. The molecule has 24 heavy (non-hydrogen) atoms. The normalized spacial score (nSPS) is 17.4. The van der Waals surface area contributed by atoms with Crippen LogP contribution in [0.2, 0.25) is 0 Å². The van der Waals surface area contributed by atoms with Crippen LogP contribution in [0.15, 0.2) is 54.7 Å². The van der Waals surface area contributed by atoms with Crippen LogP contribution in [0.1, 0.15) is 12.6 Å². The number of carbonyl (C=O) groups excluding carboxylic acids is 1. The van der Waals surface area contributed by atoms with Gasteiger partial charge in [0.25, 0.3) is 0 Å². The minimum atomic E-state index is -0.123. The molecule has 0 spiro atoms. The minimum absolute atomic E-state index is 0.0550. The third-order valence-electron chi connectivity index (χ3n) is 4.49. The molecule has 1 N–H and O–H groups in total. The first-order chi connectivity index (χ1) is 11.7. The van der Waals surface area contributed by atoms with Crippen LogP contribution in [0, 0.1) is 0 Å². The molecule has 1 aromatic heterocycles. The van der Waals surface area contributed by atoms with Crippen molar-refractivity contribution in [2.75, 3.05) is 31.5 Å². The molecule has 0 bridgehead atoms. The van der Waals surface area contributed by atoms with E-state index in [0.29, 0.717) is 0 Å². The van der Waals surface area contributed by atoms with E-state index in [4.69, 9.17) is 0 Å². The molecule has 126 valence electrons. The number of carbonyl (C=O) groups is 1. The second kappa shape index (κ2) is 8.04. The van der Waals surface area contributed by atoms with Crippen LogP contribution < -0.4 is 5.32 Å². The van der Waals surface area contributed by atoms with Crippen molar-refractivity contribution in [3.8, 4) is 0 Å². The van der Waals surface area contributed by atoms with Crippen LogP contribution in [-0.4, -0.2) is 52.9 Å². The van der Waals surface area contributed by atoms with Crippen molar-refractivity contribution in [2.45, 2.75) is 19.5 Å². The highest BCUT2D eigenvalue weighted by Gasteiger charge is 2.25. The van der Waals surface area contributed by atoms with Crippen LogP contribution in [0.4, 0.5) is 5.69 Å². The zero-order chi connectivity index (χ0) is 16.8. The maximum absolute atomic E-state index is 12.4. The monoisotopic (exact) mass is 324 g/mol. The summed E-state index contributed by atoms with van der Waals surface area (Å²) in [5, 5.41) is 2.99. The van der Waals surface area contributed by atoms with Gasteiger partial charge in [-0.1, -0.05) is 24.3 Å². The SMILES string of the molecule is C[C@@H](C(=O)Nc1ccccc1)N1CCN(Cc2ccccn2)CC1. The van der Waals surface area contributed by atoms with Crippen molar-refractivity contribution < 1.29 is 4.79 Å². The smallest absolute Gasteiger partial charge is 0.241 e. The van der Waals surface area contributed by atoms with Gasteiger partial charge >= 0.3 is 0 Å². The Morgan fingerprint density at radius 3 is 2.46 bits per heavy atom.